The summed E-state index contributed by atoms with van der Waals surface area (Å²) in [7, 11) is -14.0. The van der Waals surface area contributed by atoms with Crippen LogP contribution in [0, 0.1) is 0 Å². The Morgan fingerprint density at radius 3 is 0.785 bits per heavy atom. The molecule has 0 aliphatic carbocycles. The fraction of sp³-hybridized carbons (Fsp3) is 0.125. The van der Waals surface area contributed by atoms with Crippen molar-refractivity contribution < 1.29 is 77.0 Å². The van der Waals surface area contributed by atoms with Crippen LogP contribution >= 0.6 is 0 Å². The number of carbonyl (C=O) groups excluding carboxylic acids is 3. The Kier molecular flexibility index (Phi) is 39.2. The Hall–Kier alpha value is -14.7. The zero-order valence-corrected chi connectivity index (χ0v) is 85.1. The van der Waals surface area contributed by atoms with Gasteiger partial charge in [0.2, 0.25) is 0 Å². The van der Waals surface area contributed by atoms with Gasteiger partial charge < -0.3 is 42.7 Å². The number of hydrogen-bond acceptors (Lipinski definition) is 17. The van der Waals surface area contributed by atoms with E-state index in [2.05, 4.69) is 320 Å². The van der Waals surface area contributed by atoms with Gasteiger partial charge in [0.15, 0.2) is 63.9 Å². The van der Waals surface area contributed by atoms with Crippen molar-refractivity contribution in [1.82, 2.24) is 0 Å². The van der Waals surface area contributed by atoms with E-state index < -0.39 is 42.3 Å². The fourth-order valence-electron chi connectivity index (χ4n) is 15.3. The van der Waals surface area contributed by atoms with Gasteiger partial charge in [-0.05, 0) is 236 Å². The van der Waals surface area contributed by atoms with Gasteiger partial charge in [-0.3, -0.25) is 4.79 Å². The highest BCUT2D eigenvalue weighted by Gasteiger charge is 2.31. The normalized spacial score (nSPS) is 11.8. The molecule has 0 radical (unpaired) electrons. The zero-order chi connectivity index (χ0) is 102. The lowest BCUT2D eigenvalue weighted by Crippen LogP contribution is -2.20. The van der Waals surface area contributed by atoms with Crippen LogP contribution in [-0.2, 0) is 77.4 Å². The maximum atomic E-state index is 12.4. The molecule has 18 nitrogen and oxygen atoms in total. The second-order valence-corrected chi connectivity index (χ2v) is 43.1. The van der Waals surface area contributed by atoms with Crippen molar-refractivity contribution in [2.45, 2.75) is 137 Å². The molecule has 0 spiro atoms. The van der Waals surface area contributed by atoms with Crippen LogP contribution in [0.3, 0.4) is 0 Å². The Balaban J connectivity index is 0.000000146. The topological polar surface area (TPSA) is 281 Å². The molecule has 732 valence electrons. The third kappa shape index (κ3) is 30.5. The lowest BCUT2D eigenvalue weighted by atomic mass is 9.99. The molecular weight excluding hydrogens is 1920 g/mol. The van der Waals surface area contributed by atoms with E-state index in [0.29, 0.717) is 56.8 Å². The summed E-state index contributed by atoms with van der Waals surface area (Å²) in [4.78, 5) is 48.1. The number of ether oxygens (including phenoxy) is 5. The third-order valence-corrected chi connectivity index (χ3v) is 32.5. The van der Waals surface area contributed by atoms with Crippen LogP contribution in [0.5, 0.6) is 28.7 Å². The highest BCUT2D eigenvalue weighted by Crippen LogP contribution is 2.39. The first-order valence-corrected chi connectivity index (χ1v) is 54.6. The lowest BCUT2D eigenvalue weighted by molar-refractivity contribution is -0.137. The van der Waals surface area contributed by atoms with Crippen molar-refractivity contribution >= 4 is 119 Å². The van der Waals surface area contributed by atoms with Gasteiger partial charge in [0.25, 0.3) is 5.91 Å². The molecule has 0 aliphatic rings. The number of fused-ring (bicyclic) bond motifs is 3. The molecule has 3 atom stereocenters. The maximum Gasteiger partial charge on any atom is 0.349 e. The molecule has 0 saturated heterocycles. The first-order chi connectivity index (χ1) is 69.7. The standard InChI is InChI=1S/C22H23NO5S.2C22H22O6S.3C18H15S/c1-3-15(2)16-7-4-8-17(13-16)28-14-22(24)23-20-11-5-10-19-18(20)9-6-12-21(19)29(25,26)27;1-3-15(2)16-7-4-8-17(13-16)27-14-22(23)28-20-11-5-10-19-18(20)9-6-12-21(19)29(24,25)26;1-3-15(2)16-7-6-8-17(13-16)27-14-22(23)28-20-11-12-21(29(24,25)26)19-10-5-4-9-18(19)20;3*1-4-10-16(11-5-1)19(17-12-6-2-7-13-17)18-14-8-3-9-15-18/h4-13,15H,3,14H2,1-2H3,(H,23,24)(H,25,26,27);2*4-13,15H,3,14H2,1-2H3,(H,24,25,26);3*1-15H/q;;;3*+1/p-3. The summed E-state index contributed by atoms with van der Waals surface area (Å²) < 4.78 is 131. The molecule has 18 rings (SSSR count). The van der Waals surface area contributed by atoms with E-state index >= 15 is 0 Å². The number of rotatable bonds is 30. The number of esters is 2. The average Bonchev–Trinajstić information content (AvgIpc) is 0.782. The number of nitrogens with one attached hydrogen (secondary N) is 1. The molecule has 1 amide bonds. The van der Waals surface area contributed by atoms with Gasteiger partial charge in [0.1, 0.15) is 59.1 Å². The highest BCUT2D eigenvalue weighted by molar-refractivity contribution is 7.97. The van der Waals surface area contributed by atoms with Crippen molar-refractivity contribution in [1.29, 1.82) is 0 Å². The number of hydrogen-bond donors (Lipinski definition) is 1. The summed E-state index contributed by atoms with van der Waals surface area (Å²) in [5.41, 5.74) is 3.80. The van der Waals surface area contributed by atoms with Crippen molar-refractivity contribution in [3.63, 3.8) is 0 Å². The molecule has 1 N–H and O–H groups in total. The van der Waals surface area contributed by atoms with E-state index in [1.165, 1.54) is 105 Å². The number of anilines is 1. The predicted octanol–water partition coefficient (Wildman–Crippen LogP) is 27.1. The summed E-state index contributed by atoms with van der Waals surface area (Å²) in [5.74, 6) is 1.57. The molecule has 144 heavy (non-hydrogen) atoms. The molecule has 0 aliphatic heterocycles. The van der Waals surface area contributed by atoms with Crippen LogP contribution in [0.25, 0.3) is 32.3 Å². The van der Waals surface area contributed by atoms with Gasteiger partial charge in [0.05, 0.1) is 47.4 Å². The Morgan fingerprint density at radius 2 is 0.486 bits per heavy atom. The summed E-state index contributed by atoms with van der Waals surface area (Å²) in [6.45, 7) is 11.9. The Labute approximate surface area is 852 Å². The van der Waals surface area contributed by atoms with E-state index in [1.54, 1.807) is 60.7 Å². The SMILES string of the molecule is CCC(C)c1cccc(OCC(=O)Nc2cccc3c(S(=O)(=O)[O-])cccc23)c1.CCC(C)c1cccc(OCC(=O)Oc2ccc(S(=O)(=O)[O-])c3ccccc23)c1.CCC(C)c1cccc(OCC(=O)Oc2cccc3c(S(=O)(=O)[O-])cccc23)c1.c1ccc([S+](c2ccccc2)c2ccccc2)cc1.c1ccc([S+](c2ccccc2)c2ccccc2)cc1.c1ccc([S+](c2ccccc2)c2ccccc2)cc1. The van der Waals surface area contributed by atoms with E-state index in [9.17, 15) is 53.3 Å². The van der Waals surface area contributed by atoms with Crippen LogP contribution in [0.1, 0.15) is 95.2 Å². The van der Waals surface area contributed by atoms with Crippen LogP contribution in [0.2, 0.25) is 0 Å². The smallest absolute Gasteiger partial charge is 0.349 e. The summed E-state index contributed by atoms with van der Waals surface area (Å²) in [5, 5.41) is 4.58. The second-order valence-electron chi connectivity index (χ2n) is 33.0. The van der Waals surface area contributed by atoms with E-state index in [1.807, 2.05) is 54.6 Å². The molecule has 0 aromatic heterocycles. The number of carbonyl (C=O) groups is 3. The average molecular weight is 2030 g/mol. The predicted molar refractivity (Wildman–Crippen MR) is 572 cm³/mol. The quantitative estimate of drug-likeness (QED) is 0.0189. The van der Waals surface area contributed by atoms with Gasteiger partial charge in [-0.2, -0.15) is 0 Å². The van der Waals surface area contributed by atoms with Gasteiger partial charge in [-0.1, -0.05) is 315 Å². The van der Waals surface area contributed by atoms with Gasteiger partial charge in [-0.25, -0.2) is 34.8 Å². The highest BCUT2D eigenvalue weighted by atomic mass is 32.2. The van der Waals surface area contributed by atoms with Crippen LogP contribution in [-0.4, -0.2) is 76.6 Å². The second kappa shape index (κ2) is 52.9. The van der Waals surface area contributed by atoms with Crippen LogP contribution in [0.15, 0.2) is 514 Å². The summed E-state index contributed by atoms with van der Waals surface area (Å²) in [6.07, 6.45) is 2.99. The molecule has 18 aromatic carbocycles. The van der Waals surface area contributed by atoms with Crippen molar-refractivity contribution in [2.75, 3.05) is 25.1 Å². The maximum absolute atomic E-state index is 12.4. The molecule has 3 unspecified atom stereocenters. The van der Waals surface area contributed by atoms with Crippen molar-refractivity contribution in [2.24, 2.45) is 0 Å². The molecule has 0 fully saturated rings. The van der Waals surface area contributed by atoms with Crippen molar-refractivity contribution in [3.05, 3.63) is 472 Å². The monoisotopic (exact) mass is 2030 g/mol. The number of amides is 1. The van der Waals surface area contributed by atoms with Gasteiger partial charge in [-0.15, -0.1) is 0 Å². The minimum absolute atomic E-state index is 0.0146. The van der Waals surface area contributed by atoms with Gasteiger partial charge >= 0.3 is 11.9 Å². The molecular formula is C120H109NO17S6. The van der Waals surface area contributed by atoms with E-state index in [4.69, 9.17) is 23.7 Å². The minimum atomic E-state index is -4.65. The molecule has 0 saturated carbocycles. The minimum Gasteiger partial charge on any atom is -0.744 e. The zero-order valence-electron chi connectivity index (χ0n) is 80.2. The summed E-state index contributed by atoms with van der Waals surface area (Å²) in [6, 6.07) is 146. The van der Waals surface area contributed by atoms with Crippen LogP contribution < -0.4 is 29.0 Å². The number of benzene rings is 18. The van der Waals surface area contributed by atoms with Gasteiger partial charge in [0, 0.05) is 38.0 Å². The van der Waals surface area contributed by atoms with E-state index in [-0.39, 0.29) is 101 Å². The first-order valence-electron chi connectivity index (χ1n) is 46.7. The van der Waals surface area contributed by atoms with Crippen LogP contribution in [0.4, 0.5) is 5.69 Å². The fourth-order valence-corrected chi connectivity index (χ4v) is 23.7. The third-order valence-electron chi connectivity index (χ3n) is 23.1. The Bertz CT molecular complexity index is 6660. The largest absolute Gasteiger partial charge is 0.744 e. The van der Waals surface area contributed by atoms with E-state index in [0.717, 1.165) is 42.0 Å². The molecule has 0 heterocycles. The Morgan fingerprint density at radius 1 is 0.257 bits per heavy atom. The molecule has 0 bridgehead atoms. The molecule has 24 heteroatoms. The lowest BCUT2D eigenvalue weighted by Gasteiger charge is -2.14. The summed E-state index contributed by atoms with van der Waals surface area (Å²) >= 11 is 0. The first kappa shape index (κ1) is 107. The molecule has 18 aromatic rings. The van der Waals surface area contributed by atoms with Crippen molar-refractivity contribution in [3.8, 4) is 28.7 Å².